The minimum atomic E-state index is -3.87. The van der Waals surface area contributed by atoms with E-state index in [1.807, 2.05) is 6.92 Å². The summed E-state index contributed by atoms with van der Waals surface area (Å²) < 4.78 is 60.0. The zero-order chi connectivity index (χ0) is 19.6. The fourth-order valence-corrected chi connectivity index (χ4v) is 3.96. The van der Waals surface area contributed by atoms with Crippen LogP contribution in [0.5, 0.6) is 0 Å². The highest BCUT2D eigenvalue weighted by Gasteiger charge is 2.29. The third-order valence-electron chi connectivity index (χ3n) is 4.21. The molecule has 1 aliphatic rings. The van der Waals surface area contributed by atoms with Gasteiger partial charge in [0.15, 0.2) is 0 Å². The Morgan fingerprint density at radius 2 is 1.89 bits per heavy atom. The number of hydrogen-bond acceptors (Lipinski definition) is 4. The molecule has 0 spiro atoms. The molecule has 1 unspecified atom stereocenters. The van der Waals surface area contributed by atoms with Gasteiger partial charge in [0, 0.05) is 18.7 Å². The van der Waals surface area contributed by atoms with E-state index < -0.39 is 21.7 Å². The minimum absolute atomic E-state index is 0.0256. The zero-order valence-electron chi connectivity index (χ0n) is 14.8. The number of ether oxygens (including phenoxy) is 1. The van der Waals surface area contributed by atoms with E-state index in [4.69, 9.17) is 4.74 Å². The van der Waals surface area contributed by atoms with Crippen LogP contribution in [0, 0.1) is 11.6 Å². The summed E-state index contributed by atoms with van der Waals surface area (Å²) in [5.41, 5.74) is 0.782. The summed E-state index contributed by atoms with van der Waals surface area (Å²) in [5.74, 6) is -1.47. The number of methoxy groups -OCH3 is 1. The van der Waals surface area contributed by atoms with Gasteiger partial charge in [-0.2, -0.15) is 0 Å². The lowest BCUT2D eigenvalue weighted by Gasteiger charge is -2.24. The van der Waals surface area contributed by atoms with Gasteiger partial charge in [0.25, 0.3) is 10.0 Å². The molecule has 2 N–H and O–H groups in total. The lowest BCUT2D eigenvalue weighted by Crippen LogP contribution is -2.41. The van der Waals surface area contributed by atoms with Crippen molar-refractivity contribution in [1.29, 1.82) is 0 Å². The summed E-state index contributed by atoms with van der Waals surface area (Å²) in [6.45, 7) is 2.18. The largest absolute Gasteiger partial charge is 0.380 e. The van der Waals surface area contributed by atoms with E-state index in [2.05, 4.69) is 15.0 Å². The second-order valence-corrected chi connectivity index (χ2v) is 7.67. The first-order valence-corrected chi connectivity index (χ1v) is 9.79. The Labute approximate surface area is 156 Å². The fourth-order valence-electron chi connectivity index (χ4n) is 2.80. The van der Waals surface area contributed by atoms with Crippen molar-refractivity contribution in [3.05, 3.63) is 48.0 Å². The summed E-state index contributed by atoms with van der Waals surface area (Å²) in [5, 5.41) is 2.92. The van der Waals surface area contributed by atoms with E-state index in [1.54, 1.807) is 13.2 Å². The molecule has 3 rings (SSSR count). The molecule has 0 fully saturated rings. The number of sulfonamides is 1. The van der Waals surface area contributed by atoms with E-state index in [-0.39, 0.29) is 34.8 Å². The molecule has 1 heterocycles. The van der Waals surface area contributed by atoms with E-state index in [0.29, 0.717) is 12.0 Å². The van der Waals surface area contributed by atoms with Gasteiger partial charge in [-0.25, -0.2) is 26.9 Å². The van der Waals surface area contributed by atoms with Crippen LogP contribution >= 0.6 is 0 Å². The number of nitrogens with one attached hydrogen (secondary N) is 2. The molecule has 0 aromatic heterocycles. The van der Waals surface area contributed by atoms with Crippen LogP contribution in [0.1, 0.15) is 13.3 Å². The molecule has 0 saturated heterocycles. The van der Waals surface area contributed by atoms with Crippen molar-refractivity contribution < 1.29 is 21.9 Å². The van der Waals surface area contributed by atoms with Crippen molar-refractivity contribution in [3.63, 3.8) is 0 Å². The Kier molecular flexibility index (Phi) is 5.43. The first kappa shape index (κ1) is 19.2. The predicted molar refractivity (Wildman–Crippen MR) is 99.1 cm³/mol. The van der Waals surface area contributed by atoms with E-state index >= 15 is 0 Å². The first-order chi connectivity index (χ1) is 12.8. The SMILES string of the molecule is CCC(CN=C1Nc2c(-c3cc(F)cc(F)c3)cccc2S(=O)(=O)N1)OC. The highest BCUT2D eigenvalue weighted by molar-refractivity contribution is 7.90. The number of para-hydroxylation sites is 1. The van der Waals surface area contributed by atoms with Gasteiger partial charge in [-0.1, -0.05) is 19.1 Å². The van der Waals surface area contributed by atoms with Crippen LogP contribution in [0.3, 0.4) is 0 Å². The van der Waals surface area contributed by atoms with Crippen molar-refractivity contribution >= 4 is 21.7 Å². The highest BCUT2D eigenvalue weighted by atomic mass is 32.2. The van der Waals surface area contributed by atoms with Crippen LogP contribution in [0.25, 0.3) is 11.1 Å². The topological polar surface area (TPSA) is 79.8 Å². The summed E-state index contributed by atoms with van der Waals surface area (Å²) in [7, 11) is -2.32. The summed E-state index contributed by atoms with van der Waals surface area (Å²) in [6, 6.07) is 7.55. The van der Waals surface area contributed by atoms with Crippen LogP contribution in [0.15, 0.2) is 46.3 Å². The summed E-state index contributed by atoms with van der Waals surface area (Å²) in [6.07, 6.45) is 0.558. The van der Waals surface area contributed by atoms with Gasteiger partial charge in [-0.05, 0) is 30.2 Å². The molecule has 27 heavy (non-hydrogen) atoms. The molecule has 1 atom stereocenters. The Morgan fingerprint density at radius 3 is 2.52 bits per heavy atom. The molecule has 0 aliphatic carbocycles. The van der Waals surface area contributed by atoms with Crippen LogP contribution in [0.4, 0.5) is 14.5 Å². The van der Waals surface area contributed by atoms with Crippen molar-refractivity contribution in [2.75, 3.05) is 19.0 Å². The van der Waals surface area contributed by atoms with Crippen molar-refractivity contribution in [1.82, 2.24) is 4.72 Å². The molecule has 0 amide bonds. The van der Waals surface area contributed by atoms with E-state index in [9.17, 15) is 17.2 Å². The molecular weight excluding hydrogens is 376 g/mol. The van der Waals surface area contributed by atoms with Crippen molar-refractivity contribution in [2.24, 2.45) is 4.99 Å². The number of halogens is 2. The number of fused-ring (bicyclic) bond motifs is 1. The number of hydrogen-bond donors (Lipinski definition) is 2. The average molecular weight is 395 g/mol. The van der Waals surface area contributed by atoms with Crippen molar-refractivity contribution in [3.8, 4) is 11.1 Å². The molecule has 1 aliphatic heterocycles. The molecule has 144 valence electrons. The maximum Gasteiger partial charge on any atom is 0.266 e. The molecule has 0 radical (unpaired) electrons. The number of aliphatic imine (C=N–C) groups is 1. The standard InChI is InChI=1S/C18H19F2N3O3S/c1-3-14(26-2)10-21-18-22-17-15(11-7-12(19)9-13(20)8-11)5-4-6-16(17)27(24,25)23-18/h4-9,14H,3,10H2,1-2H3,(H2,21,22,23). The van der Waals surface area contributed by atoms with Gasteiger partial charge in [-0.3, -0.25) is 0 Å². The van der Waals surface area contributed by atoms with E-state index in [1.165, 1.54) is 12.1 Å². The second kappa shape index (κ2) is 7.61. The maximum atomic E-state index is 13.6. The molecule has 6 nitrogen and oxygen atoms in total. The lowest BCUT2D eigenvalue weighted by atomic mass is 10.0. The molecule has 0 bridgehead atoms. The molecular formula is C18H19F2N3O3S. The van der Waals surface area contributed by atoms with Gasteiger partial charge < -0.3 is 10.1 Å². The molecule has 0 saturated carbocycles. The van der Waals surface area contributed by atoms with Crippen LogP contribution in [-0.2, 0) is 14.8 Å². The second-order valence-electron chi connectivity index (χ2n) is 6.02. The number of anilines is 1. The highest BCUT2D eigenvalue weighted by Crippen LogP contribution is 2.36. The Bertz CT molecular complexity index is 969. The Morgan fingerprint density at radius 1 is 1.19 bits per heavy atom. The summed E-state index contributed by atoms with van der Waals surface area (Å²) in [4.78, 5) is 4.21. The Balaban J connectivity index is 2.07. The number of rotatable bonds is 5. The first-order valence-electron chi connectivity index (χ1n) is 8.30. The smallest absolute Gasteiger partial charge is 0.266 e. The third kappa shape index (κ3) is 4.09. The quantitative estimate of drug-likeness (QED) is 0.815. The fraction of sp³-hybridized carbons (Fsp3) is 0.278. The average Bonchev–Trinajstić information content (AvgIpc) is 2.61. The van der Waals surface area contributed by atoms with Crippen LogP contribution < -0.4 is 10.0 Å². The monoisotopic (exact) mass is 395 g/mol. The molecule has 2 aromatic carbocycles. The number of guanidine groups is 1. The van der Waals surface area contributed by atoms with Gasteiger partial charge in [0.05, 0.1) is 18.3 Å². The van der Waals surface area contributed by atoms with Gasteiger partial charge in [0.1, 0.15) is 16.5 Å². The zero-order valence-corrected chi connectivity index (χ0v) is 15.6. The van der Waals surface area contributed by atoms with Gasteiger partial charge in [0.2, 0.25) is 5.96 Å². The van der Waals surface area contributed by atoms with Gasteiger partial charge >= 0.3 is 0 Å². The normalized spacial score (nSPS) is 17.7. The van der Waals surface area contributed by atoms with Gasteiger partial charge in [-0.15, -0.1) is 0 Å². The van der Waals surface area contributed by atoms with E-state index in [0.717, 1.165) is 18.2 Å². The Hall–Kier alpha value is -2.52. The lowest BCUT2D eigenvalue weighted by molar-refractivity contribution is 0.107. The van der Waals surface area contributed by atoms with Crippen LogP contribution in [0.2, 0.25) is 0 Å². The summed E-state index contributed by atoms with van der Waals surface area (Å²) >= 11 is 0. The maximum absolute atomic E-state index is 13.6. The van der Waals surface area contributed by atoms with Crippen molar-refractivity contribution in [2.45, 2.75) is 24.3 Å². The third-order valence-corrected chi connectivity index (χ3v) is 5.59. The molecule has 2 aromatic rings. The van der Waals surface area contributed by atoms with Crippen LogP contribution in [-0.4, -0.2) is 34.1 Å². The minimum Gasteiger partial charge on any atom is -0.380 e. The number of nitrogens with zero attached hydrogens (tertiary/aromatic N) is 1. The number of benzene rings is 2. The molecule has 9 heteroatoms. The predicted octanol–water partition coefficient (Wildman–Crippen LogP) is 3.12.